The molecule has 1 saturated carbocycles. The van der Waals surface area contributed by atoms with Crippen molar-refractivity contribution in [2.75, 3.05) is 13.1 Å². The van der Waals surface area contributed by atoms with Crippen molar-refractivity contribution in [3.05, 3.63) is 35.9 Å². The second-order valence-electron chi connectivity index (χ2n) is 7.65. The number of likely N-dealkylation sites (tertiary alicyclic amines) is 1. The van der Waals surface area contributed by atoms with Crippen LogP contribution in [0, 0.1) is 5.92 Å². The van der Waals surface area contributed by atoms with Gasteiger partial charge in [0.05, 0.1) is 0 Å². The van der Waals surface area contributed by atoms with Crippen LogP contribution in [-0.4, -0.2) is 47.9 Å². The number of benzene rings is 1. The summed E-state index contributed by atoms with van der Waals surface area (Å²) in [6, 6.07) is 9.47. The second kappa shape index (κ2) is 8.67. The normalized spacial score (nSPS) is 26.2. The van der Waals surface area contributed by atoms with Crippen molar-refractivity contribution in [1.82, 2.24) is 15.5 Å². The number of carbonyl (C=O) groups excluding carboxylic acids is 2. The van der Waals surface area contributed by atoms with Gasteiger partial charge in [-0.25, -0.2) is 0 Å². The molecule has 1 aromatic carbocycles. The predicted octanol–water partition coefficient (Wildman–Crippen LogP) is 2.57. The molecule has 1 heterocycles. The van der Waals surface area contributed by atoms with Crippen LogP contribution >= 0.6 is 0 Å². The van der Waals surface area contributed by atoms with Gasteiger partial charge in [-0.15, -0.1) is 0 Å². The molecule has 1 aliphatic carbocycles. The molecule has 0 spiro atoms. The minimum Gasteiger partial charge on any atom is -0.353 e. The lowest BCUT2D eigenvalue weighted by molar-refractivity contribution is -0.125. The van der Waals surface area contributed by atoms with Gasteiger partial charge in [-0.1, -0.05) is 38.0 Å². The van der Waals surface area contributed by atoms with E-state index in [1.165, 1.54) is 6.42 Å². The first kappa shape index (κ1) is 18.9. The molecule has 26 heavy (non-hydrogen) atoms. The molecule has 5 nitrogen and oxygen atoms in total. The van der Waals surface area contributed by atoms with E-state index in [0.29, 0.717) is 18.0 Å². The molecule has 2 amide bonds. The molecule has 2 fully saturated rings. The number of hydrogen-bond donors (Lipinski definition) is 2. The standard InChI is InChI=1S/C21H31N3O2/c1-3-22-15(2)14-23-20(25)19-13-17-11-7-8-12-18(17)24(19)21(26)16-9-5-4-6-10-16/h4-6,9-10,15,17-19,22H,3,7-8,11-14H2,1-2H3,(H,23,25)/t15-,17?,18?,19?/m1/s1. The molecule has 2 N–H and O–H groups in total. The lowest BCUT2D eigenvalue weighted by atomic mass is 9.84. The van der Waals surface area contributed by atoms with Crippen LogP contribution in [0.2, 0.25) is 0 Å². The summed E-state index contributed by atoms with van der Waals surface area (Å²) < 4.78 is 0. The maximum Gasteiger partial charge on any atom is 0.254 e. The Morgan fingerprint density at radius 2 is 1.92 bits per heavy atom. The summed E-state index contributed by atoms with van der Waals surface area (Å²) in [7, 11) is 0. The number of fused-ring (bicyclic) bond motifs is 1. The molecule has 4 atom stereocenters. The molecule has 3 unspecified atom stereocenters. The highest BCUT2D eigenvalue weighted by atomic mass is 16.2. The molecule has 1 aliphatic heterocycles. The molecule has 2 aliphatic rings. The third-order valence-corrected chi connectivity index (χ3v) is 5.78. The van der Waals surface area contributed by atoms with E-state index in [1.807, 2.05) is 35.2 Å². The maximum atomic E-state index is 13.2. The Bertz CT molecular complexity index is 619. The number of nitrogens with one attached hydrogen (secondary N) is 2. The summed E-state index contributed by atoms with van der Waals surface area (Å²) in [5.74, 6) is 0.451. The van der Waals surface area contributed by atoms with Crippen molar-refractivity contribution < 1.29 is 9.59 Å². The number of amides is 2. The van der Waals surface area contributed by atoms with Crippen molar-refractivity contribution in [3.8, 4) is 0 Å². The van der Waals surface area contributed by atoms with Crippen LogP contribution in [-0.2, 0) is 4.79 Å². The molecule has 5 heteroatoms. The lowest BCUT2D eigenvalue weighted by Crippen LogP contribution is -2.51. The number of nitrogens with zero attached hydrogens (tertiary/aromatic N) is 1. The van der Waals surface area contributed by atoms with Gasteiger partial charge in [0.25, 0.3) is 5.91 Å². The monoisotopic (exact) mass is 357 g/mol. The first-order chi connectivity index (χ1) is 12.6. The van der Waals surface area contributed by atoms with Gasteiger partial charge in [0.2, 0.25) is 5.91 Å². The van der Waals surface area contributed by atoms with Gasteiger partial charge in [0, 0.05) is 24.2 Å². The molecular formula is C21H31N3O2. The third-order valence-electron chi connectivity index (χ3n) is 5.78. The Morgan fingerprint density at radius 3 is 2.65 bits per heavy atom. The van der Waals surface area contributed by atoms with Gasteiger partial charge in [-0.3, -0.25) is 9.59 Å². The number of likely N-dealkylation sites (N-methyl/N-ethyl adjacent to an activating group) is 1. The van der Waals surface area contributed by atoms with E-state index < -0.39 is 0 Å². The van der Waals surface area contributed by atoms with Gasteiger partial charge in [-0.2, -0.15) is 0 Å². The predicted molar refractivity (Wildman–Crippen MR) is 103 cm³/mol. The Labute approximate surface area is 156 Å². The highest BCUT2D eigenvalue weighted by Gasteiger charge is 2.47. The maximum absolute atomic E-state index is 13.2. The zero-order valence-electron chi connectivity index (χ0n) is 15.9. The van der Waals surface area contributed by atoms with E-state index in [0.717, 1.165) is 32.2 Å². The summed E-state index contributed by atoms with van der Waals surface area (Å²) in [6.07, 6.45) is 5.29. The van der Waals surface area contributed by atoms with Crippen LogP contribution in [0.25, 0.3) is 0 Å². The molecular weight excluding hydrogens is 326 g/mol. The van der Waals surface area contributed by atoms with Crippen molar-refractivity contribution in [1.29, 1.82) is 0 Å². The van der Waals surface area contributed by atoms with Crippen molar-refractivity contribution in [2.24, 2.45) is 5.92 Å². The fourth-order valence-corrected chi connectivity index (χ4v) is 4.51. The zero-order valence-corrected chi connectivity index (χ0v) is 15.9. The molecule has 0 bridgehead atoms. The summed E-state index contributed by atoms with van der Waals surface area (Å²) >= 11 is 0. The van der Waals surface area contributed by atoms with E-state index >= 15 is 0 Å². The van der Waals surface area contributed by atoms with Crippen molar-refractivity contribution >= 4 is 11.8 Å². The van der Waals surface area contributed by atoms with Crippen LogP contribution < -0.4 is 10.6 Å². The van der Waals surface area contributed by atoms with E-state index in [9.17, 15) is 9.59 Å². The summed E-state index contributed by atoms with van der Waals surface area (Å²) in [5, 5.41) is 6.37. The van der Waals surface area contributed by atoms with Gasteiger partial charge in [0.15, 0.2) is 0 Å². The fraction of sp³-hybridized carbons (Fsp3) is 0.619. The topological polar surface area (TPSA) is 61.4 Å². The second-order valence-corrected chi connectivity index (χ2v) is 7.65. The van der Waals surface area contributed by atoms with Crippen molar-refractivity contribution in [3.63, 3.8) is 0 Å². The number of carbonyl (C=O) groups is 2. The van der Waals surface area contributed by atoms with Gasteiger partial charge < -0.3 is 15.5 Å². The average molecular weight is 357 g/mol. The van der Waals surface area contributed by atoms with Crippen LogP contribution in [0.5, 0.6) is 0 Å². The van der Waals surface area contributed by atoms with E-state index in [2.05, 4.69) is 24.5 Å². The SMILES string of the molecule is CCN[C@H](C)CNC(=O)C1CC2CCCCC2N1C(=O)c1ccccc1. The first-order valence-corrected chi connectivity index (χ1v) is 10.0. The summed E-state index contributed by atoms with van der Waals surface area (Å²) in [4.78, 5) is 28.0. The van der Waals surface area contributed by atoms with Gasteiger partial charge >= 0.3 is 0 Å². The lowest BCUT2D eigenvalue weighted by Gasteiger charge is -2.33. The van der Waals surface area contributed by atoms with Crippen LogP contribution in [0.15, 0.2) is 30.3 Å². The van der Waals surface area contributed by atoms with E-state index in [1.54, 1.807) is 0 Å². The van der Waals surface area contributed by atoms with Crippen molar-refractivity contribution in [2.45, 2.75) is 64.1 Å². The number of rotatable bonds is 6. The van der Waals surface area contributed by atoms with Crippen LogP contribution in [0.4, 0.5) is 0 Å². The minimum atomic E-state index is -0.343. The largest absolute Gasteiger partial charge is 0.353 e. The Kier molecular flexibility index (Phi) is 6.30. The Hall–Kier alpha value is -1.88. The molecule has 0 radical (unpaired) electrons. The highest BCUT2D eigenvalue weighted by molar-refractivity contribution is 5.98. The average Bonchev–Trinajstić information content (AvgIpc) is 3.06. The first-order valence-electron chi connectivity index (χ1n) is 10.0. The van der Waals surface area contributed by atoms with Crippen LogP contribution in [0.1, 0.15) is 56.3 Å². The van der Waals surface area contributed by atoms with E-state index in [4.69, 9.17) is 0 Å². The fourth-order valence-electron chi connectivity index (χ4n) is 4.51. The Morgan fingerprint density at radius 1 is 1.19 bits per heavy atom. The highest BCUT2D eigenvalue weighted by Crippen LogP contribution is 2.40. The number of hydrogen-bond acceptors (Lipinski definition) is 3. The van der Waals surface area contributed by atoms with E-state index in [-0.39, 0.29) is 29.9 Å². The molecule has 3 rings (SSSR count). The quantitative estimate of drug-likeness (QED) is 0.823. The molecule has 0 aromatic heterocycles. The minimum absolute atomic E-state index is 0.000110. The zero-order chi connectivity index (χ0) is 18.5. The summed E-state index contributed by atoms with van der Waals surface area (Å²) in [5.41, 5.74) is 0.678. The molecule has 1 aromatic rings. The van der Waals surface area contributed by atoms with Gasteiger partial charge in [-0.05, 0) is 50.8 Å². The summed E-state index contributed by atoms with van der Waals surface area (Å²) in [6.45, 7) is 5.58. The Balaban J connectivity index is 1.75. The van der Waals surface area contributed by atoms with Gasteiger partial charge in [0.1, 0.15) is 6.04 Å². The smallest absolute Gasteiger partial charge is 0.254 e. The third kappa shape index (κ3) is 4.09. The van der Waals surface area contributed by atoms with Crippen LogP contribution in [0.3, 0.4) is 0 Å². The molecule has 142 valence electrons. The molecule has 1 saturated heterocycles.